The lowest BCUT2D eigenvalue weighted by Gasteiger charge is -2.13. The van der Waals surface area contributed by atoms with Crippen LogP contribution in [0.5, 0.6) is 0 Å². The van der Waals surface area contributed by atoms with Crippen LogP contribution in [0.4, 0.5) is 4.39 Å². The number of hydrogen-bond acceptors (Lipinski definition) is 5. The number of para-hydroxylation sites is 1. The number of fused-ring (bicyclic) bond motifs is 1. The van der Waals surface area contributed by atoms with E-state index in [1.54, 1.807) is 37.4 Å². The first-order valence-electron chi connectivity index (χ1n) is 9.76. The monoisotopic (exact) mass is 429 g/mol. The molecule has 6 nitrogen and oxygen atoms in total. The van der Waals surface area contributed by atoms with E-state index in [4.69, 9.17) is 4.74 Å². The largest absolute Gasteiger partial charge is 0.385 e. The Morgan fingerprint density at radius 1 is 1.20 bits per heavy atom. The predicted octanol–water partition coefficient (Wildman–Crippen LogP) is 3.55. The van der Waals surface area contributed by atoms with Crippen LogP contribution in [0.15, 0.2) is 58.5 Å². The highest BCUT2D eigenvalue weighted by Gasteiger charge is 2.14. The van der Waals surface area contributed by atoms with Crippen molar-refractivity contribution < 1.29 is 13.9 Å². The highest BCUT2D eigenvalue weighted by molar-refractivity contribution is 7.99. The molecule has 1 aromatic heterocycles. The van der Waals surface area contributed by atoms with Crippen LogP contribution in [-0.4, -0.2) is 41.5 Å². The number of ether oxygens (including phenoxy) is 1. The molecule has 8 heteroatoms. The fourth-order valence-electron chi connectivity index (χ4n) is 2.98. The standard InChI is InChI=1S/C22H24FN3O3S/c1-29-13-6-12-24-20(27)11-5-14-30-22-25-19-10-3-2-9-18(19)21(28)26(22)17-8-4-7-16(23)15-17/h2-4,7-10,15H,5-6,11-14H2,1H3,(H,24,27). The smallest absolute Gasteiger partial charge is 0.266 e. The first-order chi connectivity index (χ1) is 14.6. The minimum Gasteiger partial charge on any atom is -0.385 e. The van der Waals surface area contributed by atoms with Crippen molar-refractivity contribution in [3.05, 3.63) is 64.7 Å². The topological polar surface area (TPSA) is 73.2 Å². The fraction of sp³-hybridized carbons (Fsp3) is 0.318. The van der Waals surface area contributed by atoms with Gasteiger partial charge in [0.1, 0.15) is 5.82 Å². The van der Waals surface area contributed by atoms with Gasteiger partial charge in [0, 0.05) is 32.4 Å². The average molecular weight is 430 g/mol. The van der Waals surface area contributed by atoms with Gasteiger partial charge in [-0.15, -0.1) is 0 Å². The maximum absolute atomic E-state index is 13.8. The van der Waals surface area contributed by atoms with Gasteiger partial charge in [0.25, 0.3) is 5.56 Å². The SMILES string of the molecule is COCCCNC(=O)CCCSc1nc2ccccc2c(=O)n1-c1cccc(F)c1. The van der Waals surface area contributed by atoms with Crippen molar-refractivity contribution in [3.63, 3.8) is 0 Å². The molecule has 2 aromatic carbocycles. The molecule has 0 aliphatic carbocycles. The lowest BCUT2D eigenvalue weighted by Crippen LogP contribution is -2.25. The summed E-state index contributed by atoms with van der Waals surface area (Å²) in [5, 5.41) is 3.80. The molecule has 0 aliphatic heterocycles. The van der Waals surface area contributed by atoms with Gasteiger partial charge in [0.05, 0.1) is 16.6 Å². The summed E-state index contributed by atoms with van der Waals surface area (Å²) in [6, 6.07) is 13.0. The van der Waals surface area contributed by atoms with E-state index in [1.165, 1.54) is 28.5 Å². The van der Waals surface area contributed by atoms with Crippen LogP contribution in [0.1, 0.15) is 19.3 Å². The van der Waals surface area contributed by atoms with Gasteiger partial charge in [-0.25, -0.2) is 9.37 Å². The molecule has 0 saturated carbocycles. The number of thioether (sulfide) groups is 1. The molecule has 0 bridgehead atoms. The van der Waals surface area contributed by atoms with Crippen molar-refractivity contribution in [3.8, 4) is 5.69 Å². The molecule has 0 aliphatic rings. The van der Waals surface area contributed by atoms with E-state index < -0.39 is 5.82 Å². The predicted molar refractivity (Wildman–Crippen MR) is 117 cm³/mol. The fourth-order valence-corrected chi connectivity index (χ4v) is 3.93. The van der Waals surface area contributed by atoms with Gasteiger partial charge in [-0.2, -0.15) is 0 Å². The highest BCUT2D eigenvalue weighted by Crippen LogP contribution is 2.22. The van der Waals surface area contributed by atoms with E-state index in [2.05, 4.69) is 10.3 Å². The van der Waals surface area contributed by atoms with Crippen molar-refractivity contribution in [1.82, 2.24) is 14.9 Å². The Kier molecular flexibility index (Phi) is 7.98. The summed E-state index contributed by atoms with van der Waals surface area (Å²) in [5.74, 6) is 0.167. The van der Waals surface area contributed by atoms with E-state index >= 15 is 0 Å². The summed E-state index contributed by atoms with van der Waals surface area (Å²) in [6.45, 7) is 1.20. The summed E-state index contributed by atoms with van der Waals surface area (Å²) < 4.78 is 20.2. The minimum absolute atomic E-state index is 0.0132. The van der Waals surface area contributed by atoms with Crippen LogP contribution in [-0.2, 0) is 9.53 Å². The number of methoxy groups -OCH3 is 1. The summed E-state index contributed by atoms with van der Waals surface area (Å²) in [7, 11) is 1.63. The lowest BCUT2D eigenvalue weighted by atomic mass is 10.2. The summed E-state index contributed by atoms with van der Waals surface area (Å²) >= 11 is 1.38. The van der Waals surface area contributed by atoms with Gasteiger partial charge in [-0.1, -0.05) is 30.0 Å². The molecule has 3 aromatic rings. The second kappa shape index (κ2) is 10.9. The molecule has 30 heavy (non-hydrogen) atoms. The number of aromatic nitrogens is 2. The first-order valence-corrected chi connectivity index (χ1v) is 10.7. The molecule has 3 rings (SSSR count). The molecule has 0 spiro atoms. The number of nitrogens with one attached hydrogen (secondary N) is 1. The number of benzene rings is 2. The summed E-state index contributed by atoms with van der Waals surface area (Å²) in [5.41, 5.74) is 0.773. The maximum Gasteiger partial charge on any atom is 0.266 e. The Bertz CT molecular complexity index is 1070. The number of hydrogen-bond donors (Lipinski definition) is 1. The second-order valence-corrected chi connectivity index (χ2v) is 7.74. The van der Waals surface area contributed by atoms with Crippen LogP contribution in [0.2, 0.25) is 0 Å². The van der Waals surface area contributed by atoms with Crippen LogP contribution in [0.3, 0.4) is 0 Å². The number of carbonyl (C=O) groups is 1. The molecule has 1 heterocycles. The van der Waals surface area contributed by atoms with E-state index in [0.717, 1.165) is 6.42 Å². The zero-order valence-corrected chi connectivity index (χ0v) is 17.6. The van der Waals surface area contributed by atoms with Crippen molar-refractivity contribution >= 4 is 28.6 Å². The Balaban J connectivity index is 1.74. The zero-order valence-electron chi connectivity index (χ0n) is 16.8. The Hall–Kier alpha value is -2.71. The van der Waals surface area contributed by atoms with Crippen molar-refractivity contribution in [2.75, 3.05) is 26.0 Å². The number of nitrogens with zero attached hydrogens (tertiary/aromatic N) is 2. The number of halogens is 1. The third-order valence-electron chi connectivity index (χ3n) is 4.44. The van der Waals surface area contributed by atoms with Gasteiger partial charge in [-0.3, -0.25) is 14.2 Å². The summed E-state index contributed by atoms with van der Waals surface area (Å²) in [4.78, 5) is 29.6. The third-order valence-corrected chi connectivity index (χ3v) is 5.46. The van der Waals surface area contributed by atoms with E-state index in [-0.39, 0.29) is 11.5 Å². The average Bonchev–Trinajstić information content (AvgIpc) is 2.74. The molecular formula is C22H24FN3O3S. The minimum atomic E-state index is -0.423. The Labute approximate surface area is 178 Å². The summed E-state index contributed by atoms with van der Waals surface area (Å²) in [6.07, 6.45) is 1.79. The van der Waals surface area contributed by atoms with Gasteiger partial charge in [-0.05, 0) is 43.2 Å². The van der Waals surface area contributed by atoms with Gasteiger partial charge < -0.3 is 10.1 Å². The quantitative estimate of drug-likeness (QED) is 0.303. The van der Waals surface area contributed by atoms with Crippen LogP contribution in [0.25, 0.3) is 16.6 Å². The normalized spacial score (nSPS) is 11.0. The van der Waals surface area contributed by atoms with Crippen molar-refractivity contribution in [2.24, 2.45) is 0 Å². The molecule has 0 fully saturated rings. The van der Waals surface area contributed by atoms with E-state index in [1.807, 2.05) is 6.07 Å². The molecule has 158 valence electrons. The Morgan fingerprint density at radius 2 is 2.03 bits per heavy atom. The third kappa shape index (κ3) is 5.67. The number of carbonyl (C=O) groups excluding carboxylic acids is 1. The van der Waals surface area contributed by atoms with E-state index in [0.29, 0.717) is 53.5 Å². The highest BCUT2D eigenvalue weighted by atomic mass is 32.2. The van der Waals surface area contributed by atoms with Crippen LogP contribution >= 0.6 is 11.8 Å². The maximum atomic E-state index is 13.8. The molecule has 1 amide bonds. The molecule has 0 radical (unpaired) electrons. The van der Waals surface area contributed by atoms with Crippen molar-refractivity contribution in [1.29, 1.82) is 0 Å². The van der Waals surface area contributed by atoms with Gasteiger partial charge >= 0.3 is 0 Å². The molecule has 0 unspecified atom stereocenters. The molecule has 1 N–H and O–H groups in total. The number of rotatable bonds is 10. The molecule has 0 atom stereocenters. The van der Waals surface area contributed by atoms with Gasteiger partial charge in [0.2, 0.25) is 5.91 Å². The Morgan fingerprint density at radius 3 is 2.83 bits per heavy atom. The van der Waals surface area contributed by atoms with Crippen LogP contribution < -0.4 is 10.9 Å². The second-order valence-electron chi connectivity index (χ2n) is 6.68. The first kappa shape index (κ1) is 22.0. The van der Waals surface area contributed by atoms with Gasteiger partial charge in [0.15, 0.2) is 5.16 Å². The number of amides is 1. The zero-order chi connectivity index (χ0) is 21.3. The van der Waals surface area contributed by atoms with Crippen molar-refractivity contribution in [2.45, 2.75) is 24.4 Å². The molecule has 0 saturated heterocycles. The lowest BCUT2D eigenvalue weighted by molar-refractivity contribution is -0.121. The molecular weight excluding hydrogens is 405 g/mol. The van der Waals surface area contributed by atoms with Crippen LogP contribution in [0, 0.1) is 5.82 Å². The van der Waals surface area contributed by atoms with E-state index in [9.17, 15) is 14.0 Å².